The molecule has 1 aliphatic heterocycles. The molecule has 1 aromatic carbocycles. The number of halogens is 1. The molecule has 1 heterocycles. The molecule has 1 fully saturated rings. The summed E-state index contributed by atoms with van der Waals surface area (Å²) in [6.45, 7) is 1.11. The van der Waals surface area contributed by atoms with Gasteiger partial charge in [-0.05, 0) is 19.5 Å². The number of likely N-dealkylation sites (N-methyl/N-ethyl adjacent to an activating group) is 1. The molecule has 1 atom stereocenters. The second kappa shape index (κ2) is 3.24. The molecule has 1 aromatic rings. The van der Waals surface area contributed by atoms with Gasteiger partial charge in [-0.2, -0.15) is 0 Å². The monoisotopic (exact) mass is 195 g/mol. The van der Waals surface area contributed by atoms with E-state index in [4.69, 9.17) is 0 Å². The van der Waals surface area contributed by atoms with Gasteiger partial charge < -0.3 is 10.0 Å². The summed E-state index contributed by atoms with van der Waals surface area (Å²) in [4.78, 5) is 1.94. The SMILES string of the molecule is CN1CCC(F)(c2ccccc2O)C1. The minimum Gasteiger partial charge on any atom is -0.508 e. The molecule has 1 N–H and O–H groups in total. The topological polar surface area (TPSA) is 23.5 Å². The van der Waals surface area contributed by atoms with Crippen molar-refractivity contribution in [3.8, 4) is 5.75 Å². The molecule has 14 heavy (non-hydrogen) atoms. The van der Waals surface area contributed by atoms with Gasteiger partial charge in [-0.25, -0.2) is 4.39 Å². The van der Waals surface area contributed by atoms with Crippen molar-refractivity contribution in [2.45, 2.75) is 12.1 Å². The average molecular weight is 195 g/mol. The van der Waals surface area contributed by atoms with Gasteiger partial charge in [-0.3, -0.25) is 0 Å². The summed E-state index contributed by atoms with van der Waals surface area (Å²) in [6, 6.07) is 6.67. The van der Waals surface area contributed by atoms with E-state index in [1.54, 1.807) is 18.2 Å². The van der Waals surface area contributed by atoms with E-state index in [9.17, 15) is 9.50 Å². The third-order valence-corrected chi connectivity index (χ3v) is 2.80. The number of para-hydroxylation sites is 1. The summed E-state index contributed by atoms with van der Waals surface area (Å²) >= 11 is 0. The number of phenols is 1. The maximum absolute atomic E-state index is 14.4. The van der Waals surface area contributed by atoms with Crippen LogP contribution in [-0.2, 0) is 5.67 Å². The van der Waals surface area contributed by atoms with E-state index in [0.717, 1.165) is 6.54 Å². The molecule has 0 aromatic heterocycles. The van der Waals surface area contributed by atoms with E-state index >= 15 is 0 Å². The third-order valence-electron chi connectivity index (χ3n) is 2.80. The van der Waals surface area contributed by atoms with Gasteiger partial charge in [0.25, 0.3) is 0 Å². The van der Waals surface area contributed by atoms with Crippen molar-refractivity contribution >= 4 is 0 Å². The Morgan fingerprint density at radius 2 is 2.14 bits per heavy atom. The first kappa shape index (κ1) is 9.46. The minimum absolute atomic E-state index is 0.0605. The average Bonchev–Trinajstić information content (AvgIpc) is 2.48. The van der Waals surface area contributed by atoms with Gasteiger partial charge in [0, 0.05) is 18.7 Å². The van der Waals surface area contributed by atoms with Crippen molar-refractivity contribution in [1.29, 1.82) is 0 Å². The summed E-state index contributed by atoms with van der Waals surface area (Å²) in [6.07, 6.45) is 0.459. The number of likely N-dealkylation sites (tertiary alicyclic amines) is 1. The Morgan fingerprint density at radius 3 is 2.71 bits per heavy atom. The molecule has 1 unspecified atom stereocenters. The lowest BCUT2D eigenvalue weighted by molar-refractivity contribution is 0.170. The highest BCUT2D eigenvalue weighted by Crippen LogP contribution is 2.39. The number of benzene rings is 1. The molecule has 0 spiro atoms. The number of rotatable bonds is 1. The maximum atomic E-state index is 14.4. The van der Waals surface area contributed by atoms with E-state index in [1.165, 1.54) is 6.07 Å². The summed E-state index contributed by atoms with van der Waals surface area (Å²) < 4.78 is 14.4. The van der Waals surface area contributed by atoms with Crippen LogP contribution < -0.4 is 0 Å². The van der Waals surface area contributed by atoms with E-state index in [2.05, 4.69) is 0 Å². The Hall–Kier alpha value is -1.09. The normalized spacial score (nSPS) is 28.1. The lowest BCUT2D eigenvalue weighted by Gasteiger charge is -2.20. The molecule has 1 aliphatic rings. The zero-order valence-corrected chi connectivity index (χ0v) is 8.20. The summed E-state index contributed by atoms with van der Waals surface area (Å²) in [7, 11) is 1.89. The van der Waals surface area contributed by atoms with Gasteiger partial charge in [0.2, 0.25) is 0 Å². The number of alkyl halides is 1. The summed E-state index contributed by atoms with van der Waals surface area (Å²) in [5.41, 5.74) is -0.954. The Labute approximate surface area is 83.0 Å². The van der Waals surface area contributed by atoms with Crippen molar-refractivity contribution in [3.05, 3.63) is 29.8 Å². The van der Waals surface area contributed by atoms with Crippen LogP contribution in [0.5, 0.6) is 5.75 Å². The molecule has 2 nitrogen and oxygen atoms in total. The standard InChI is InChI=1S/C11H14FNO/c1-13-7-6-11(12,8-13)9-4-2-3-5-10(9)14/h2-5,14H,6-8H2,1H3. The Morgan fingerprint density at radius 1 is 1.43 bits per heavy atom. The Bertz CT molecular complexity index is 342. The van der Waals surface area contributed by atoms with Crippen molar-refractivity contribution < 1.29 is 9.50 Å². The second-order valence-corrected chi connectivity index (χ2v) is 3.97. The fourth-order valence-corrected chi connectivity index (χ4v) is 2.03. The quantitative estimate of drug-likeness (QED) is 0.739. The van der Waals surface area contributed by atoms with Gasteiger partial charge in [0.05, 0.1) is 0 Å². The number of hydrogen-bond acceptors (Lipinski definition) is 2. The van der Waals surface area contributed by atoms with Crippen LogP contribution in [-0.4, -0.2) is 30.1 Å². The minimum atomic E-state index is -1.37. The van der Waals surface area contributed by atoms with Crippen molar-refractivity contribution in [1.82, 2.24) is 4.90 Å². The van der Waals surface area contributed by atoms with Crippen LogP contribution in [0.2, 0.25) is 0 Å². The number of phenolic OH excluding ortho intramolecular Hbond substituents is 1. The highest BCUT2D eigenvalue weighted by Gasteiger charge is 2.40. The van der Waals surface area contributed by atoms with Gasteiger partial charge in [0.15, 0.2) is 5.67 Å². The maximum Gasteiger partial charge on any atom is 0.153 e. The van der Waals surface area contributed by atoms with Crippen LogP contribution >= 0.6 is 0 Å². The van der Waals surface area contributed by atoms with E-state index < -0.39 is 5.67 Å². The molecule has 0 bridgehead atoms. The molecule has 76 valence electrons. The largest absolute Gasteiger partial charge is 0.508 e. The first-order chi connectivity index (χ1) is 6.62. The van der Waals surface area contributed by atoms with Crippen molar-refractivity contribution in [2.24, 2.45) is 0 Å². The number of nitrogens with zero attached hydrogens (tertiary/aromatic N) is 1. The third kappa shape index (κ3) is 1.48. The van der Waals surface area contributed by atoms with Crippen LogP contribution in [0.3, 0.4) is 0 Å². The lowest BCUT2D eigenvalue weighted by atomic mass is 9.94. The highest BCUT2D eigenvalue weighted by molar-refractivity contribution is 5.37. The van der Waals surface area contributed by atoms with Gasteiger partial charge >= 0.3 is 0 Å². The van der Waals surface area contributed by atoms with Crippen LogP contribution in [0, 0.1) is 0 Å². The zero-order chi connectivity index (χ0) is 10.2. The lowest BCUT2D eigenvalue weighted by Crippen LogP contribution is -2.24. The molecule has 3 heteroatoms. The van der Waals surface area contributed by atoms with Gasteiger partial charge in [-0.15, -0.1) is 0 Å². The van der Waals surface area contributed by atoms with Gasteiger partial charge in [0.1, 0.15) is 5.75 Å². The second-order valence-electron chi connectivity index (χ2n) is 3.97. The van der Waals surface area contributed by atoms with E-state index in [0.29, 0.717) is 18.5 Å². The smallest absolute Gasteiger partial charge is 0.153 e. The molecule has 0 radical (unpaired) electrons. The molecule has 2 rings (SSSR count). The fourth-order valence-electron chi connectivity index (χ4n) is 2.03. The fraction of sp³-hybridized carbons (Fsp3) is 0.455. The van der Waals surface area contributed by atoms with Crippen molar-refractivity contribution in [3.63, 3.8) is 0 Å². The van der Waals surface area contributed by atoms with E-state index in [-0.39, 0.29) is 5.75 Å². The predicted molar refractivity (Wildman–Crippen MR) is 53.0 cm³/mol. The first-order valence-corrected chi connectivity index (χ1v) is 4.78. The Balaban J connectivity index is 2.35. The molecular formula is C11H14FNO. The van der Waals surface area contributed by atoms with Crippen LogP contribution in [0.15, 0.2) is 24.3 Å². The Kier molecular flexibility index (Phi) is 2.19. The van der Waals surface area contributed by atoms with Crippen LogP contribution in [0.4, 0.5) is 4.39 Å². The molecule has 0 saturated carbocycles. The summed E-state index contributed by atoms with van der Waals surface area (Å²) in [5, 5.41) is 9.56. The predicted octanol–water partition coefficient (Wildman–Crippen LogP) is 1.89. The van der Waals surface area contributed by atoms with Crippen LogP contribution in [0.1, 0.15) is 12.0 Å². The highest BCUT2D eigenvalue weighted by atomic mass is 19.1. The van der Waals surface area contributed by atoms with Gasteiger partial charge in [-0.1, -0.05) is 18.2 Å². The number of hydrogen-bond donors (Lipinski definition) is 1. The number of aromatic hydroxyl groups is 1. The molecule has 0 aliphatic carbocycles. The molecule has 0 amide bonds. The van der Waals surface area contributed by atoms with E-state index in [1.807, 2.05) is 11.9 Å². The molecule has 1 saturated heterocycles. The van der Waals surface area contributed by atoms with Crippen LogP contribution in [0.25, 0.3) is 0 Å². The summed E-state index contributed by atoms with van der Waals surface area (Å²) in [5.74, 6) is 0.0605. The first-order valence-electron chi connectivity index (χ1n) is 4.78. The molecular weight excluding hydrogens is 181 g/mol. The zero-order valence-electron chi connectivity index (χ0n) is 8.20. The van der Waals surface area contributed by atoms with Crippen molar-refractivity contribution in [2.75, 3.05) is 20.1 Å².